The first-order valence-corrected chi connectivity index (χ1v) is 7.26. The van der Waals surface area contributed by atoms with Gasteiger partial charge in [-0.15, -0.1) is 11.6 Å². The third-order valence-electron chi connectivity index (χ3n) is 3.41. The fourth-order valence-corrected chi connectivity index (χ4v) is 2.55. The summed E-state index contributed by atoms with van der Waals surface area (Å²) < 4.78 is 2.05. The zero-order valence-corrected chi connectivity index (χ0v) is 12.4. The molecule has 0 atom stereocenters. The van der Waals surface area contributed by atoms with Gasteiger partial charge in [0.25, 0.3) is 0 Å². The number of fused-ring (bicyclic) bond motifs is 1. The van der Waals surface area contributed by atoms with Crippen LogP contribution in [0, 0.1) is 6.92 Å². The van der Waals surface area contributed by atoms with E-state index in [-0.39, 0.29) is 0 Å². The van der Waals surface area contributed by atoms with E-state index in [1.165, 1.54) is 5.56 Å². The SMILES string of the molecule is CCc1cccc(-n2c(CCl)nc3ccc(C)nc32)c1. The molecule has 0 saturated carbocycles. The van der Waals surface area contributed by atoms with Gasteiger partial charge in [0.2, 0.25) is 0 Å². The van der Waals surface area contributed by atoms with Gasteiger partial charge in [-0.3, -0.25) is 4.57 Å². The van der Waals surface area contributed by atoms with Gasteiger partial charge >= 0.3 is 0 Å². The van der Waals surface area contributed by atoms with Crippen LogP contribution in [0.3, 0.4) is 0 Å². The number of nitrogens with zero attached hydrogens (tertiary/aromatic N) is 3. The van der Waals surface area contributed by atoms with Gasteiger partial charge in [0.1, 0.15) is 11.3 Å². The molecule has 2 heterocycles. The maximum Gasteiger partial charge on any atom is 0.164 e. The average molecular weight is 286 g/mol. The Morgan fingerprint density at radius 3 is 2.75 bits per heavy atom. The highest BCUT2D eigenvalue weighted by Gasteiger charge is 2.13. The Bertz CT molecular complexity index is 762. The van der Waals surface area contributed by atoms with Gasteiger partial charge in [-0.2, -0.15) is 0 Å². The summed E-state index contributed by atoms with van der Waals surface area (Å²) in [5.74, 6) is 1.19. The highest BCUT2D eigenvalue weighted by Crippen LogP contribution is 2.22. The third kappa shape index (κ3) is 2.18. The topological polar surface area (TPSA) is 30.7 Å². The van der Waals surface area contributed by atoms with Crippen molar-refractivity contribution in [1.29, 1.82) is 0 Å². The van der Waals surface area contributed by atoms with Crippen molar-refractivity contribution in [2.24, 2.45) is 0 Å². The van der Waals surface area contributed by atoms with Crippen molar-refractivity contribution >= 4 is 22.8 Å². The Kier molecular flexibility index (Phi) is 3.45. The summed E-state index contributed by atoms with van der Waals surface area (Å²) in [5.41, 5.74) is 5.09. The van der Waals surface area contributed by atoms with E-state index in [0.717, 1.165) is 34.8 Å². The second-order valence-electron chi connectivity index (χ2n) is 4.82. The van der Waals surface area contributed by atoms with Gasteiger partial charge in [0.05, 0.1) is 5.88 Å². The monoisotopic (exact) mass is 285 g/mol. The predicted octanol–water partition coefficient (Wildman–Crippen LogP) is 4.03. The highest BCUT2D eigenvalue weighted by molar-refractivity contribution is 6.16. The first kappa shape index (κ1) is 13.1. The number of hydrogen-bond acceptors (Lipinski definition) is 2. The van der Waals surface area contributed by atoms with E-state index in [2.05, 4.69) is 45.7 Å². The van der Waals surface area contributed by atoms with Crippen LogP contribution >= 0.6 is 11.6 Å². The Morgan fingerprint density at radius 2 is 2.00 bits per heavy atom. The van der Waals surface area contributed by atoms with E-state index in [9.17, 15) is 0 Å². The number of rotatable bonds is 3. The lowest BCUT2D eigenvalue weighted by Gasteiger charge is -2.09. The Balaban J connectivity index is 2.29. The second kappa shape index (κ2) is 5.25. The van der Waals surface area contributed by atoms with Gasteiger partial charge in [-0.25, -0.2) is 9.97 Å². The second-order valence-corrected chi connectivity index (χ2v) is 5.08. The van der Waals surface area contributed by atoms with Crippen molar-refractivity contribution in [1.82, 2.24) is 14.5 Å². The number of halogens is 1. The Morgan fingerprint density at radius 1 is 1.15 bits per heavy atom. The van der Waals surface area contributed by atoms with Crippen LogP contribution in [0.2, 0.25) is 0 Å². The molecule has 2 aromatic heterocycles. The van der Waals surface area contributed by atoms with Crippen LogP contribution in [-0.2, 0) is 12.3 Å². The van der Waals surface area contributed by atoms with Crippen LogP contribution in [0.15, 0.2) is 36.4 Å². The first-order chi connectivity index (χ1) is 9.72. The van der Waals surface area contributed by atoms with Crippen LogP contribution in [0.5, 0.6) is 0 Å². The first-order valence-electron chi connectivity index (χ1n) is 6.73. The molecule has 3 nitrogen and oxygen atoms in total. The van der Waals surface area contributed by atoms with E-state index >= 15 is 0 Å². The van der Waals surface area contributed by atoms with Gasteiger partial charge in [-0.05, 0) is 43.2 Å². The molecule has 0 amide bonds. The minimum atomic E-state index is 0.367. The van der Waals surface area contributed by atoms with Crippen LogP contribution in [0.4, 0.5) is 0 Å². The maximum absolute atomic E-state index is 6.06. The molecule has 0 saturated heterocycles. The molecule has 0 N–H and O–H groups in total. The fourth-order valence-electron chi connectivity index (χ4n) is 2.38. The third-order valence-corrected chi connectivity index (χ3v) is 3.65. The minimum Gasteiger partial charge on any atom is -0.280 e. The van der Waals surface area contributed by atoms with Crippen molar-refractivity contribution < 1.29 is 0 Å². The normalized spacial score (nSPS) is 11.2. The molecule has 4 heteroatoms. The fraction of sp³-hybridized carbons (Fsp3) is 0.250. The summed E-state index contributed by atoms with van der Waals surface area (Å²) in [6, 6.07) is 12.4. The van der Waals surface area contributed by atoms with Gasteiger partial charge in [-0.1, -0.05) is 19.1 Å². The number of hydrogen-bond donors (Lipinski definition) is 0. The molecule has 0 unspecified atom stereocenters. The molecule has 0 aliphatic heterocycles. The number of pyridine rings is 1. The van der Waals surface area contributed by atoms with E-state index in [0.29, 0.717) is 5.88 Å². The summed E-state index contributed by atoms with van der Waals surface area (Å²) in [4.78, 5) is 9.19. The lowest BCUT2D eigenvalue weighted by atomic mass is 10.1. The van der Waals surface area contributed by atoms with E-state index in [4.69, 9.17) is 11.6 Å². The minimum absolute atomic E-state index is 0.367. The van der Waals surface area contributed by atoms with E-state index in [1.54, 1.807) is 0 Å². The Labute approximate surface area is 123 Å². The van der Waals surface area contributed by atoms with Crippen molar-refractivity contribution in [3.63, 3.8) is 0 Å². The summed E-state index contributed by atoms with van der Waals surface area (Å²) in [6.45, 7) is 4.13. The van der Waals surface area contributed by atoms with Gasteiger partial charge in [0, 0.05) is 11.4 Å². The molecule has 0 spiro atoms. The van der Waals surface area contributed by atoms with Crippen LogP contribution in [0.25, 0.3) is 16.9 Å². The largest absolute Gasteiger partial charge is 0.280 e. The van der Waals surface area contributed by atoms with E-state index in [1.807, 2.05) is 19.1 Å². The summed E-state index contributed by atoms with van der Waals surface area (Å²) >= 11 is 6.06. The summed E-state index contributed by atoms with van der Waals surface area (Å²) in [7, 11) is 0. The summed E-state index contributed by atoms with van der Waals surface area (Å²) in [5, 5.41) is 0. The molecule has 3 rings (SSSR count). The van der Waals surface area contributed by atoms with Gasteiger partial charge < -0.3 is 0 Å². The standard InChI is InChI=1S/C16H16ClN3/c1-3-12-5-4-6-13(9-12)20-15(10-17)19-14-8-7-11(2)18-16(14)20/h4-9H,3,10H2,1-2H3. The molecule has 3 aromatic rings. The quantitative estimate of drug-likeness (QED) is 0.680. The smallest absolute Gasteiger partial charge is 0.164 e. The number of imidazole rings is 1. The summed E-state index contributed by atoms with van der Waals surface area (Å²) in [6.07, 6.45) is 1.00. The van der Waals surface area contributed by atoms with Crippen molar-refractivity contribution in [3.05, 3.63) is 53.5 Å². The zero-order valence-electron chi connectivity index (χ0n) is 11.6. The molecule has 0 aliphatic carbocycles. The molecule has 1 aromatic carbocycles. The average Bonchev–Trinajstić information content (AvgIpc) is 2.85. The van der Waals surface area contributed by atoms with Crippen molar-refractivity contribution in [2.75, 3.05) is 0 Å². The van der Waals surface area contributed by atoms with Crippen LogP contribution in [0.1, 0.15) is 24.0 Å². The van der Waals surface area contributed by atoms with Gasteiger partial charge in [0.15, 0.2) is 5.65 Å². The van der Waals surface area contributed by atoms with Crippen molar-refractivity contribution in [2.45, 2.75) is 26.1 Å². The molecular formula is C16H16ClN3. The molecule has 0 aliphatic rings. The van der Waals surface area contributed by atoms with Crippen LogP contribution in [-0.4, -0.2) is 14.5 Å². The highest BCUT2D eigenvalue weighted by atomic mass is 35.5. The lowest BCUT2D eigenvalue weighted by molar-refractivity contribution is 0.961. The number of aromatic nitrogens is 3. The predicted molar refractivity (Wildman–Crippen MR) is 82.5 cm³/mol. The number of aryl methyl sites for hydroxylation is 2. The van der Waals surface area contributed by atoms with E-state index < -0.39 is 0 Å². The molecular weight excluding hydrogens is 270 g/mol. The molecule has 0 bridgehead atoms. The van der Waals surface area contributed by atoms with Crippen molar-refractivity contribution in [3.8, 4) is 5.69 Å². The number of benzene rings is 1. The molecule has 20 heavy (non-hydrogen) atoms. The van der Waals surface area contributed by atoms with Crippen LogP contribution < -0.4 is 0 Å². The molecule has 0 fully saturated rings. The molecule has 0 radical (unpaired) electrons. The Hall–Kier alpha value is -1.87. The number of alkyl halides is 1. The maximum atomic E-state index is 6.06. The molecule has 102 valence electrons. The lowest BCUT2D eigenvalue weighted by Crippen LogP contribution is -2.01. The zero-order chi connectivity index (χ0) is 14.1.